The summed E-state index contributed by atoms with van der Waals surface area (Å²) in [6.45, 7) is 10.3. The number of ether oxygens (including phenoxy) is 1. The highest BCUT2D eigenvalue weighted by Crippen LogP contribution is 2.39. The minimum Gasteiger partial charge on any atom is -0.456 e. The van der Waals surface area contributed by atoms with Gasteiger partial charge < -0.3 is 19.6 Å². The minimum atomic E-state index is -0.129. The topological polar surface area (TPSA) is 53.0 Å². The summed E-state index contributed by atoms with van der Waals surface area (Å²) in [4.78, 5) is 17.1. The van der Waals surface area contributed by atoms with E-state index in [1.807, 2.05) is 42.5 Å². The third-order valence-electron chi connectivity index (χ3n) is 6.11. The van der Waals surface area contributed by atoms with Gasteiger partial charge in [-0.15, -0.1) is 0 Å². The molecule has 170 valence electrons. The van der Waals surface area contributed by atoms with Crippen molar-refractivity contribution in [3.63, 3.8) is 0 Å². The lowest BCUT2D eigenvalue weighted by Gasteiger charge is -2.26. The minimum absolute atomic E-state index is 0.0824. The predicted molar refractivity (Wildman–Crippen MR) is 133 cm³/mol. The molecular weight excluding hydrogens is 412 g/mol. The zero-order valence-electron chi connectivity index (χ0n) is 19.5. The predicted octanol–water partition coefficient (Wildman–Crippen LogP) is 3.36. The first-order chi connectivity index (χ1) is 16.0. The SMILES string of the molecule is C=c1ccc2c(c1)Oc1cc(N(CC)CC)ccc1C=2c1ccccc1C(=O)N(C)CCO. The lowest BCUT2D eigenvalue weighted by molar-refractivity contribution is 0.0766. The van der Waals surface area contributed by atoms with E-state index in [0.29, 0.717) is 5.56 Å². The Balaban J connectivity index is 1.98. The van der Waals surface area contributed by atoms with Gasteiger partial charge >= 0.3 is 0 Å². The number of benzene rings is 3. The molecule has 0 radical (unpaired) electrons. The number of likely N-dealkylation sites (N-methyl/N-ethyl adjacent to an activating group) is 1. The Morgan fingerprint density at radius 2 is 1.73 bits per heavy atom. The van der Waals surface area contributed by atoms with Gasteiger partial charge in [0.15, 0.2) is 0 Å². The van der Waals surface area contributed by atoms with Crippen LogP contribution >= 0.6 is 0 Å². The monoisotopic (exact) mass is 442 g/mol. The number of hydrogen-bond acceptors (Lipinski definition) is 4. The molecule has 5 heteroatoms. The van der Waals surface area contributed by atoms with E-state index in [1.54, 1.807) is 11.9 Å². The van der Waals surface area contributed by atoms with Gasteiger partial charge in [-0.2, -0.15) is 0 Å². The summed E-state index contributed by atoms with van der Waals surface area (Å²) in [7, 11) is 1.71. The van der Waals surface area contributed by atoms with E-state index >= 15 is 0 Å². The van der Waals surface area contributed by atoms with Gasteiger partial charge in [-0.1, -0.05) is 36.9 Å². The third kappa shape index (κ3) is 4.24. The Morgan fingerprint density at radius 3 is 2.45 bits per heavy atom. The normalized spacial score (nSPS) is 11.9. The average molecular weight is 443 g/mol. The van der Waals surface area contributed by atoms with Crippen molar-refractivity contribution in [2.24, 2.45) is 0 Å². The smallest absolute Gasteiger partial charge is 0.254 e. The molecule has 1 amide bonds. The number of amides is 1. The van der Waals surface area contributed by atoms with Crippen LogP contribution in [0.4, 0.5) is 5.69 Å². The van der Waals surface area contributed by atoms with Crippen LogP contribution in [-0.2, 0) is 0 Å². The van der Waals surface area contributed by atoms with E-state index in [-0.39, 0.29) is 19.1 Å². The van der Waals surface area contributed by atoms with Crippen molar-refractivity contribution < 1.29 is 14.6 Å². The van der Waals surface area contributed by atoms with Crippen LogP contribution in [0.1, 0.15) is 35.3 Å². The Bertz CT molecular complexity index is 1290. The molecule has 0 saturated heterocycles. The molecule has 33 heavy (non-hydrogen) atoms. The molecule has 0 bridgehead atoms. The molecule has 1 aliphatic rings. The fraction of sp³-hybridized carbons (Fsp3) is 0.250. The molecule has 1 N–H and O–H groups in total. The lowest BCUT2D eigenvalue weighted by Crippen LogP contribution is -2.30. The van der Waals surface area contributed by atoms with Crippen LogP contribution in [-0.4, -0.2) is 49.2 Å². The molecule has 1 heterocycles. The van der Waals surface area contributed by atoms with Crippen molar-refractivity contribution in [3.05, 3.63) is 87.8 Å². The third-order valence-corrected chi connectivity index (χ3v) is 6.11. The van der Waals surface area contributed by atoms with Gasteiger partial charge in [-0.25, -0.2) is 0 Å². The van der Waals surface area contributed by atoms with Crippen molar-refractivity contribution in [2.45, 2.75) is 13.8 Å². The quantitative estimate of drug-likeness (QED) is 0.477. The second kappa shape index (κ2) is 9.51. The van der Waals surface area contributed by atoms with Crippen LogP contribution in [0.15, 0.2) is 60.7 Å². The van der Waals surface area contributed by atoms with Crippen molar-refractivity contribution in [2.75, 3.05) is 38.2 Å². The zero-order valence-corrected chi connectivity index (χ0v) is 19.5. The average Bonchev–Trinajstić information content (AvgIpc) is 2.83. The fourth-order valence-electron chi connectivity index (χ4n) is 4.34. The largest absolute Gasteiger partial charge is 0.456 e. The molecule has 0 aliphatic carbocycles. The first kappa shape index (κ1) is 22.6. The molecule has 0 saturated carbocycles. The fourth-order valence-corrected chi connectivity index (χ4v) is 4.34. The molecule has 3 aromatic carbocycles. The van der Waals surface area contributed by atoms with E-state index in [4.69, 9.17) is 4.74 Å². The van der Waals surface area contributed by atoms with E-state index in [1.165, 1.54) is 0 Å². The molecule has 5 nitrogen and oxygen atoms in total. The van der Waals surface area contributed by atoms with Crippen molar-refractivity contribution >= 4 is 23.7 Å². The standard InChI is InChI=1S/C28H30N2O3/c1-5-30(6-2)20-12-14-24-26(18-20)33-25-17-19(3)11-13-23(25)27(24)21-9-7-8-10-22(21)28(32)29(4)15-16-31/h7-14,17-18,31H,3,5-6,15-16H2,1-2,4H3. The van der Waals surface area contributed by atoms with Gasteiger partial charge in [0, 0.05) is 60.4 Å². The number of hydrogen-bond donors (Lipinski definition) is 1. The van der Waals surface area contributed by atoms with Crippen LogP contribution in [0.25, 0.3) is 12.2 Å². The van der Waals surface area contributed by atoms with Crippen LogP contribution in [0, 0.1) is 0 Å². The van der Waals surface area contributed by atoms with Crippen LogP contribution in [0.5, 0.6) is 11.5 Å². The number of carbonyl (C=O) groups excluding carboxylic acids is 1. The van der Waals surface area contributed by atoms with Gasteiger partial charge in [0.05, 0.1) is 6.61 Å². The van der Waals surface area contributed by atoms with Crippen LogP contribution in [0.2, 0.25) is 0 Å². The Hall–Kier alpha value is -3.57. The van der Waals surface area contributed by atoms with E-state index in [0.717, 1.165) is 57.4 Å². The molecule has 0 aromatic heterocycles. The molecule has 0 unspecified atom stereocenters. The summed E-state index contributed by atoms with van der Waals surface area (Å²) in [6.07, 6.45) is 0. The number of aliphatic hydroxyl groups is 1. The summed E-state index contributed by atoms with van der Waals surface area (Å²) < 4.78 is 6.36. The molecule has 0 fully saturated rings. The summed E-state index contributed by atoms with van der Waals surface area (Å²) in [5.41, 5.74) is 4.43. The molecule has 1 aliphatic heterocycles. The maximum Gasteiger partial charge on any atom is 0.254 e. The van der Waals surface area contributed by atoms with Crippen LogP contribution < -0.4 is 20.1 Å². The van der Waals surface area contributed by atoms with Gasteiger partial charge in [-0.05, 0) is 48.9 Å². The van der Waals surface area contributed by atoms with Crippen molar-refractivity contribution in [1.29, 1.82) is 0 Å². The van der Waals surface area contributed by atoms with Crippen molar-refractivity contribution in [1.82, 2.24) is 4.90 Å². The number of fused-ring (bicyclic) bond motifs is 2. The second-order valence-electron chi connectivity index (χ2n) is 8.16. The molecule has 4 rings (SSSR count). The highest BCUT2D eigenvalue weighted by Gasteiger charge is 2.25. The number of carbonyl (C=O) groups is 1. The zero-order chi connectivity index (χ0) is 23.5. The summed E-state index contributed by atoms with van der Waals surface area (Å²) in [6, 6.07) is 19.8. The summed E-state index contributed by atoms with van der Waals surface area (Å²) in [5.74, 6) is 1.36. The first-order valence-corrected chi connectivity index (χ1v) is 11.3. The Labute approximate surface area is 194 Å². The maximum atomic E-state index is 13.3. The Morgan fingerprint density at radius 1 is 0.970 bits per heavy atom. The Kier molecular flexibility index (Phi) is 6.52. The highest BCUT2D eigenvalue weighted by atomic mass is 16.5. The molecule has 0 spiro atoms. The number of anilines is 1. The van der Waals surface area contributed by atoms with Gasteiger partial charge in [0.25, 0.3) is 5.91 Å². The lowest BCUT2D eigenvalue weighted by atomic mass is 9.89. The molecule has 0 atom stereocenters. The second-order valence-corrected chi connectivity index (χ2v) is 8.16. The number of nitrogens with zero attached hydrogens (tertiary/aromatic N) is 2. The molecular formula is C28H30N2O3. The van der Waals surface area contributed by atoms with E-state index < -0.39 is 0 Å². The summed E-state index contributed by atoms with van der Waals surface area (Å²) >= 11 is 0. The van der Waals surface area contributed by atoms with Gasteiger partial charge in [-0.3, -0.25) is 4.79 Å². The van der Waals surface area contributed by atoms with Crippen LogP contribution in [0.3, 0.4) is 0 Å². The molecule has 3 aromatic rings. The van der Waals surface area contributed by atoms with Gasteiger partial charge in [0.1, 0.15) is 11.5 Å². The van der Waals surface area contributed by atoms with Gasteiger partial charge in [0.2, 0.25) is 0 Å². The summed E-state index contributed by atoms with van der Waals surface area (Å²) in [5, 5.41) is 11.1. The highest BCUT2D eigenvalue weighted by molar-refractivity contribution is 6.02. The van der Waals surface area contributed by atoms with E-state index in [2.05, 4.69) is 43.5 Å². The maximum absolute atomic E-state index is 13.3. The first-order valence-electron chi connectivity index (χ1n) is 11.3. The number of aliphatic hydroxyl groups excluding tert-OH is 1. The van der Waals surface area contributed by atoms with Crippen molar-refractivity contribution in [3.8, 4) is 11.5 Å². The van der Waals surface area contributed by atoms with E-state index in [9.17, 15) is 9.90 Å². The number of rotatable bonds is 7.